The molecule has 0 saturated heterocycles. The minimum atomic E-state index is -0.974. The van der Waals surface area contributed by atoms with Crippen LogP contribution in [0.1, 0.15) is 10.4 Å². The summed E-state index contributed by atoms with van der Waals surface area (Å²) in [5, 5.41) is 15.2. The van der Waals surface area contributed by atoms with E-state index >= 15 is 0 Å². The van der Waals surface area contributed by atoms with E-state index in [1.54, 1.807) is 0 Å². The zero-order valence-corrected chi connectivity index (χ0v) is 7.56. The van der Waals surface area contributed by atoms with E-state index in [0.29, 0.717) is 5.69 Å². The second-order valence-electron chi connectivity index (χ2n) is 3.03. The molecule has 14 heavy (non-hydrogen) atoms. The minimum absolute atomic E-state index is 0.191. The number of aryl methyl sites for hydroxylation is 1. The van der Waals surface area contributed by atoms with Crippen molar-refractivity contribution in [2.45, 2.75) is 0 Å². The molecule has 5 heteroatoms. The smallest absolute Gasteiger partial charge is 0.339 e. The summed E-state index contributed by atoms with van der Waals surface area (Å²) < 4.78 is 1.85. The van der Waals surface area contributed by atoms with Gasteiger partial charge in [0.15, 0.2) is 0 Å². The van der Waals surface area contributed by atoms with Gasteiger partial charge < -0.3 is 9.67 Å². The SMILES string of the molecule is Cn1ccc(-c2[nH]ncc2C(=O)O)c1. The van der Waals surface area contributed by atoms with Gasteiger partial charge in [0.1, 0.15) is 5.56 Å². The molecular weight excluding hydrogens is 182 g/mol. The number of aromatic carboxylic acids is 1. The maximum atomic E-state index is 10.8. The zero-order valence-electron chi connectivity index (χ0n) is 7.56. The molecule has 5 nitrogen and oxygen atoms in total. The van der Waals surface area contributed by atoms with Gasteiger partial charge in [0.05, 0.1) is 11.9 Å². The van der Waals surface area contributed by atoms with Crippen LogP contribution in [0.5, 0.6) is 0 Å². The van der Waals surface area contributed by atoms with Gasteiger partial charge in [-0.05, 0) is 6.07 Å². The number of rotatable bonds is 2. The molecule has 0 aliphatic rings. The first-order chi connectivity index (χ1) is 6.68. The third-order valence-corrected chi connectivity index (χ3v) is 1.99. The maximum Gasteiger partial charge on any atom is 0.339 e. The van der Waals surface area contributed by atoms with Crippen LogP contribution in [-0.2, 0) is 7.05 Å². The molecule has 0 saturated carbocycles. The van der Waals surface area contributed by atoms with Crippen LogP contribution in [0.4, 0.5) is 0 Å². The third-order valence-electron chi connectivity index (χ3n) is 1.99. The van der Waals surface area contributed by atoms with Crippen LogP contribution in [0, 0.1) is 0 Å². The summed E-state index contributed by atoms with van der Waals surface area (Å²) in [6.45, 7) is 0. The summed E-state index contributed by atoms with van der Waals surface area (Å²) >= 11 is 0. The Labute approximate surface area is 80.0 Å². The molecule has 72 valence electrons. The first-order valence-corrected chi connectivity index (χ1v) is 4.07. The number of hydrogen-bond donors (Lipinski definition) is 2. The van der Waals surface area contributed by atoms with E-state index in [9.17, 15) is 4.79 Å². The average molecular weight is 191 g/mol. The van der Waals surface area contributed by atoms with E-state index in [0.717, 1.165) is 5.56 Å². The third kappa shape index (κ3) is 1.28. The molecule has 2 aromatic rings. The number of aromatic nitrogens is 3. The summed E-state index contributed by atoms with van der Waals surface area (Å²) in [5.41, 5.74) is 1.55. The highest BCUT2D eigenvalue weighted by Crippen LogP contribution is 2.20. The van der Waals surface area contributed by atoms with Crippen LogP contribution >= 0.6 is 0 Å². The van der Waals surface area contributed by atoms with Gasteiger partial charge in [-0.1, -0.05) is 0 Å². The van der Waals surface area contributed by atoms with Gasteiger partial charge in [-0.3, -0.25) is 5.10 Å². The van der Waals surface area contributed by atoms with Gasteiger partial charge in [-0.2, -0.15) is 5.10 Å². The van der Waals surface area contributed by atoms with Gasteiger partial charge >= 0.3 is 5.97 Å². The molecule has 0 bridgehead atoms. The Balaban J connectivity index is 2.51. The van der Waals surface area contributed by atoms with Crippen molar-refractivity contribution in [2.24, 2.45) is 7.05 Å². The summed E-state index contributed by atoms with van der Waals surface area (Å²) in [4.78, 5) is 10.8. The predicted octanol–water partition coefficient (Wildman–Crippen LogP) is 1.11. The minimum Gasteiger partial charge on any atom is -0.478 e. The molecular formula is C9H9N3O2. The lowest BCUT2D eigenvalue weighted by atomic mass is 10.1. The lowest BCUT2D eigenvalue weighted by molar-refractivity contribution is 0.0698. The molecule has 0 spiro atoms. The van der Waals surface area contributed by atoms with E-state index in [1.165, 1.54) is 6.20 Å². The van der Waals surface area contributed by atoms with E-state index in [-0.39, 0.29) is 5.56 Å². The van der Waals surface area contributed by atoms with Crippen LogP contribution in [0.25, 0.3) is 11.3 Å². The Morgan fingerprint density at radius 3 is 3.00 bits per heavy atom. The van der Waals surface area contributed by atoms with Gasteiger partial charge in [0, 0.05) is 25.0 Å². The van der Waals surface area contributed by atoms with Gasteiger partial charge in [-0.25, -0.2) is 4.79 Å². The largest absolute Gasteiger partial charge is 0.478 e. The standard InChI is InChI=1S/C9H9N3O2/c1-12-3-2-6(5-12)8-7(9(13)14)4-10-11-8/h2-5H,1H3,(H,10,11)(H,13,14). The molecule has 0 unspecified atom stereocenters. The van der Waals surface area contributed by atoms with Gasteiger partial charge in [-0.15, -0.1) is 0 Å². The Bertz CT molecular complexity index is 470. The summed E-state index contributed by atoms with van der Waals surface area (Å²) in [7, 11) is 1.88. The fourth-order valence-corrected chi connectivity index (χ4v) is 1.32. The van der Waals surface area contributed by atoms with Crippen molar-refractivity contribution in [3.8, 4) is 11.3 Å². The molecule has 2 aromatic heterocycles. The number of carbonyl (C=O) groups is 1. The number of H-pyrrole nitrogens is 1. The second kappa shape index (κ2) is 3.02. The van der Waals surface area contributed by atoms with Gasteiger partial charge in [0.25, 0.3) is 0 Å². The van der Waals surface area contributed by atoms with Crippen LogP contribution < -0.4 is 0 Å². The van der Waals surface area contributed by atoms with Gasteiger partial charge in [0.2, 0.25) is 0 Å². The Kier molecular flexibility index (Phi) is 1.85. The molecule has 0 radical (unpaired) electrons. The molecule has 0 aliphatic carbocycles. The number of aromatic amines is 1. The summed E-state index contributed by atoms with van der Waals surface area (Å²) in [5.74, 6) is -0.974. The number of carboxylic acid groups (broad SMARTS) is 1. The fourth-order valence-electron chi connectivity index (χ4n) is 1.32. The van der Waals surface area contributed by atoms with Crippen molar-refractivity contribution >= 4 is 5.97 Å². The first-order valence-electron chi connectivity index (χ1n) is 4.07. The molecule has 2 rings (SSSR count). The number of nitrogens with zero attached hydrogens (tertiary/aromatic N) is 2. The fraction of sp³-hybridized carbons (Fsp3) is 0.111. The maximum absolute atomic E-state index is 10.8. The zero-order chi connectivity index (χ0) is 10.1. The first kappa shape index (κ1) is 8.55. The topological polar surface area (TPSA) is 70.9 Å². The van der Waals surface area contributed by atoms with Crippen LogP contribution in [0.3, 0.4) is 0 Å². The average Bonchev–Trinajstić information content (AvgIpc) is 2.70. The van der Waals surface area contributed by atoms with Crippen LogP contribution in [0.2, 0.25) is 0 Å². The lowest BCUT2D eigenvalue weighted by Gasteiger charge is -1.94. The van der Waals surface area contributed by atoms with Crippen molar-refractivity contribution in [2.75, 3.05) is 0 Å². The van der Waals surface area contributed by atoms with Crippen molar-refractivity contribution in [3.05, 3.63) is 30.2 Å². The van der Waals surface area contributed by atoms with E-state index < -0.39 is 5.97 Å². The highest BCUT2D eigenvalue weighted by atomic mass is 16.4. The normalized spacial score (nSPS) is 10.4. The highest BCUT2D eigenvalue weighted by Gasteiger charge is 2.13. The van der Waals surface area contributed by atoms with Crippen LogP contribution in [0.15, 0.2) is 24.7 Å². The molecule has 2 heterocycles. The van der Waals surface area contributed by atoms with E-state index in [4.69, 9.17) is 5.11 Å². The molecule has 0 atom stereocenters. The molecule has 0 amide bonds. The Morgan fingerprint density at radius 2 is 2.43 bits per heavy atom. The number of carboxylic acids is 1. The van der Waals surface area contributed by atoms with Crippen molar-refractivity contribution in [1.29, 1.82) is 0 Å². The molecule has 0 aromatic carbocycles. The summed E-state index contributed by atoms with van der Waals surface area (Å²) in [6.07, 6.45) is 4.99. The summed E-state index contributed by atoms with van der Waals surface area (Å²) in [6, 6.07) is 1.83. The Hall–Kier alpha value is -2.04. The number of hydrogen-bond acceptors (Lipinski definition) is 2. The van der Waals surface area contributed by atoms with E-state index in [2.05, 4.69) is 10.2 Å². The van der Waals surface area contributed by atoms with Crippen molar-refractivity contribution in [3.63, 3.8) is 0 Å². The molecule has 0 aliphatic heterocycles. The van der Waals surface area contributed by atoms with Crippen LogP contribution in [-0.4, -0.2) is 25.8 Å². The number of nitrogens with one attached hydrogen (secondary N) is 1. The van der Waals surface area contributed by atoms with Crippen molar-refractivity contribution < 1.29 is 9.90 Å². The quantitative estimate of drug-likeness (QED) is 0.747. The second-order valence-corrected chi connectivity index (χ2v) is 3.03. The monoisotopic (exact) mass is 191 g/mol. The van der Waals surface area contributed by atoms with E-state index in [1.807, 2.05) is 30.1 Å². The Morgan fingerprint density at radius 1 is 1.64 bits per heavy atom. The molecule has 2 N–H and O–H groups in total. The molecule has 0 fully saturated rings. The predicted molar refractivity (Wildman–Crippen MR) is 50.0 cm³/mol. The van der Waals surface area contributed by atoms with Crippen molar-refractivity contribution in [1.82, 2.24) is 14.8 Å². The highest BCUT2D eigenvalue weighted by molar-refractivity contribution is 5.94. The lowest BCUT2D eigenvalue weighted by Crippen LogP contribution is -1.96.